The molecule has 1 saturated carbocycles. The Labute approximate surface area is 124 Å². The number of piperidine rings is 1. The lowest BCUT2D eigenvalue weighted by Gasteiger charge is -2.35. The van der Waals surface area contributed by atoms with E-state index in [0.717, 1.165) is 32.5 Å². The molecule has 1 N–H and O–H groups in total. The number of hydrogen-bond donors (Lipinski definition) is 1. The summed E-state index contributed by atoms with van der Waals surface area (Å²) in [7, 11) is 0. The lowest BCUT2D eigenvalue weighted by atomic mass is 9.81. The average molecular weight is 280 g/mol. The summed E-state index contributed by atoms with van der Waals surface area (Å²) in [5.41, 5.74) is 0.197. The minimum atomic E-state index is 0.197. The maximum Gasteiger partial charge on any atom is 0.226 e. The Kier molecular flexibility index (Phi) is 5.48. The highest BCUT2D eigenvalue weighted by atomic mass is 16.2. The molecule has 2 rings (SSSR count). The fourth-order valence-corrected chi connectivity index (χ4v) is 3.91. The summed E-state index contributed by atoms with van der Waals surface area (Å²) in [4.78, 5) is 15.1. The Bertz CT molecular complexity index is 321. The molecule has 2 atom stereocenters. The van der Waals surface area contributed by atoms with Crippen molar-refractivity contribution in [3.63, 3.8) is 0 Å². The summed E-state index contributed by atoms with van der Waals surface area (Å²) >= 11 is 0. The molecule has 0 aromatic rings. The molecule has 3 heteroatoms. The van der Waals surface area contributed by atoms with Crippen LogP contribution >= 0.6 is 0 Å². The lowest BCUT2D eigenvalue weighted by molar-refractivity contribution is -0.138. The van der Waals surface area contributed by atoms with E-state index in [4.69, 9.17) is 0 Å². The number of carbonyl (C=O) groups is 1. The van der Waals surface area contributed by atoms with E-state index in [1.165, 1.54) is 32.1 Å². The molecular formula is C17H32N2O. The van der Waals surface area contributed by atoms with Crippen molar-refractivity contribution in [2.75, 3.05) is 19.6 Å². The van der Waals surface area contributed by atoms with Gasteiger partial charge in [-0.3, -0.25) is 4.79 Å². The van der Waals surface area contributed by atoms with Crippen molar-refractivity contribution >= 4 is 5.91 Å². The summed E-state index contributed by atoms with van der Waals surface area (Å²) in [6.45, 7) is 9.67. The Morgan fingerprint density at radius 3 is 2.60 bits per heavy atom. The van der Waals surface area contributed by atoms with Gasteiger partial charge < -0.3 is 10.2 Å². The first-order valence-electron chi connectivity index (χ1n) is 8.57. The monoisotopic (exact) mass is 280 g/mol. The van der Waals surface area contributed by atoms with Crippen molar-refractivity contribution in [1.82, 2.24) is 10.2 Å². The third-order valence-electron chi connectivity index (χ3n) is 5.21. The van der Waals surface area contributed by atoms with Gasteiger partial charge in [-0.1, -0.05) is 33.6 Å². The summed E-state index contributed by atoms with van der Waals surface area (Å²) in [5, 5.41) is 3.58. The van der Waals surface area contributed by atoms with Crippen LogP contribution in [0.4, 0.5) is 0 Å². The standard InChI is InChI=1S/C17H32N2O/c1-4-12-19(13-14-8-5-6-11-18-14)16(20)15-9-7-10-17(15,2)3/h14-15,18H,4-13H2,1-3H3. The molecule has 1 saturated heterocycles. The largest absolute Gasteiger partial charge is 0.341 e. The van der Waals surface area contributed by atoms with Gasteiger partial charge in [0, 0.05) is 25.0 Å². The second kappa shape index (κ2) is 6.93. The number of rotatable bonds is 5. The zero-order chi connectivity index (χ0) is 14.6. The summed E-state index contributed by atoms with van der Waals surface area (Å²) in [6.07, 6.45) is 8.38. The van der Waals surface area contributed by atoms with Crippen LogP contribution < -0.4 is 5.32 Å². The second-order valence-corrected chi connectivity index (χ2v) is 7.36. The van der Waals surface area contributed by atoms with Crippen LogP contribution in [0.2, 0.25) is 0 Å². The van der Waals surface area contributed by atoms with Crippen molar-refractivity contribution in [1.29, 1.82) is 0 Å². The molecule has 1 heterocycles. The molecule has 0 aromatic carbocycles. The molecule has 0 spiro atoms. The van der Waals surface area contributed by atoms with Gasteiger partial charge in [0.1, 0.15) is 0 Å². The topological polar surface area (TPSA) is 32.3 Å². The third kappa shape index (κ3) is 3.75. The van der Waals surface area contributed by atoms with Gasteiger partial charge in [-0.15, -0.1) is 0 Å². The van der Waals surface area contributed by atoms with E-state index in [-0.39, 0.29) is 11.3 Å². The summed E-state index contributed by atoms with van der Waals surface area (Å²) < 4.78 is 0. The van der Waals surface area contributed by atoms with Gasteiger partial charge in [0.25, 0.3) is 0 Å². The molecule has 20 heavy (non-hydrogen) atoms. The highest BCUT2D eigenvalue weighted by Gasteiger charge is 2.41. The Hall–Kier alpha value is -0.570. The van der Waals surface area contributed by atoms with E-state index in [1.54, 1.807) is 0 Å². The highest BCUT2D eigenvalue weighted by molar-refractivity contribution is 5.80. The number of carbonyl (C=O) groups excluding carboxylic acids is 1. The lowest BCUT2D eigenvalue weighted by Crippen LogP contribution is -2.48. The first kappa shape index (κ1) is 15.8. The third-order valence-corrected chi connectivity index (χ3v) is 5.21. The van der Waals surface area contributed by atoms with E-state index < -0.39 is 0 Å². The maximum atomic E-state index is 12.9. The van der Waals surface area contributed by atoms with Gasteiger partial charge in [-0.05, 0) is 44.1 Å². The van der Waals surface area contributed by atoms with E-state index in [2.05, 4.69) is 31.0 Å². The van der Waals surface area contributed by atoms with Crippen molar-refractivity contribution < 1.29 is 4.79 Å². The molecule has 1 aliphatic carbocycles. The second-order valence-electron chi connectivity index (χ2n) is 7.36. The fraction of sp³-hybridized carbons (Fsp3) is 0.941. The molecule has 1 aliphatic heterocycles. The van der Waals surface area contributed by atoms with Crippen molar-refractivity contribution in [3.05, 3.63) is 0 Å². The maximum absolute atomic E-state index is 12.9. The molecule has 0 bridgehead atoms. The Balaban J connectivity index is 1.97. The van der Waals surface area contributed by atoms with Crippen LogP contribution in [0.3, 0.4) is 0 Å². The van der Waals surface area contributed by atoms with E-state index >= 15 is 0 Å². The predicted molar refractivity (Wildman–Crippen MR) is 83.6 cm³/mol. The number of nitrogens with zero attached hydrogens (tertiary/aromatic N) is 1. The quantitative estimate of drug-likeness (QED) is 0.839. The highest BCUT2D eigenvalue weighted by Crippen LogP contribution is 2.43. The molecule has 2 aliphatic rings. The van der Waals surface area contributed by atoms with Crippen molar-refractivity contribution in [2.24, 2.45) is 11.3 Å². The van der Waals surface area contributed by atoms with Gasteiger partial charge >= 0.3 is 0 Å². The van der Waals surface area contributed by atoms with Crippen LogP contribution in [0.25, 0.3) is 0 Å². The minimum Gasteiger partial charge on any atom is -0.341 e. The fourth-order valence-electron chi connectivity index (χ4n) is 3.91. The van der Waals surface area contributed by atoms with Gasteiger partial charge in [0.05, 0.1) is 0 Å². The molecule has 3 nitrogen and oxygen atoms in total. The van der Waals surface area contributed by atoms with Gasteiger partial charge in [0.2, 0.25) is 5.91 Å². The predicted octanol–water partition coefficient (Wildman–Crippen LogP) is 3.19. The summed E-state index contributed by atoms with van der Waals surface area (Å²) in [5.74, 6) is 0.666. The van der Waals surface area contributed by atoms with Crippen LogP contribution in [0.15, 0.2) is 0 Å². The van der Waals surface area contributed by atoms with E-state index in [1.807, 2.05) is 0 Å². The van der Waals surface area contributed by atoms with Crippen LogP contribution in [0.1, 0.15) is 65.7 Å². The summed E-state index contributed by atoms with van der Waals surface area (Å²) in [6, 6.07) is 0.517. The van der Waals surface area contributed by atoms with Gasteiger partial charge in [0.15, 0.2) is 0 Å². The van der Waals surface area contributed by atoms with Crippen molar-refractivity contribution in [2.45, 2.75) is 71.8 Å². The minimum absolute atomic E-state index is 0.197. The van der Waals surface area contributed by atoms with Crippen molar-refractivity contribution in [3.8, 4) is 0 Å². The molecule has 2 fully saturated rings. The van der Waals surface area contributed by atoms with Crippen LogP contribution in [0, 0.1) is 11.3 Å². The normalized spacial score (nSPS) is 29.4. The van der Waals surface area contributed by atoms with Gasteiger partial charge in [-0.2, -0.15) is 0 Å². The zero-order valence-electron chi connectivity index (χ0n) is 13.6. The average Bonchev–Trinajstić information content (AvgIpc) is 2.78. The molecule has 116 valence electrons. The molecule has 2 unspecified atom stereocenters. The number of amides is 1. The zero-order valence-corrected chi connectivity index (χ0v) is 13.6. The molecule has 1 amide bonds. The van der Waals surface area contributed by atoms with Crippen LogP contribution in [0.5, 0.6) is 0 Å². The SMILES string of the molecule is CCCN(CC1CCCCN1)C(=O)C1CCCC1(C)C. The molecule has 0 radical (unpaired) electrons. The Morgan fingerprint density at radius 1 is 1.25 bits per heavy atom. The molecule has 0 aromatic heterocycles. The number of hydrogen-bond acceptors (Lipinski definition) is 2. The van der Waals surface area contributed by atoms with E-state index in [9.17, 15) is 4.79 Å². The Morgan fingerprint density at radius 2 is 2.05 bits per heavy atom. The van der Waals surface area contributed by atoms with Crippen LogP contribution in [-0.2, 0) is 4.79 Å². The number of nitrogens with one attached hydrogen (secondary N) is 1. The van der Waals surface area contributed by atoms with Gasteiger partial charge in [-0.25, -0.2) is 0 Å². The molecular weight excluding hydrogens is 248 g/mol. The first-order valence-corrected chi connectivity index (χ1v) is 8.57. The van der Waals surface area contributed by atoms with E-state index in [0.29, 0.717) is 11.9 Å². The van der Waals surface area contributed by atoms with Crippen LogP contribution in [-0.4, -0.2) is 36.5 Å². The first-order chi connectivity index (χ1) is 9.54. The smallest absolute Gasteiger partial charge is 0.226 e.